The predicted molar refractivity (Wildman–Crippen MR) is 59.0 cm³/mol. The Kier molecular flexibility index (Phi) is 6.18. The summed E-state index contributed by atoms with van der Waals surface area (Å²) in [6.45, 7) is 4.84. The molecule has 1 aromatic rings. The Morgan fingerprint density at radius 1 is 1.50 bits per heavy atom. The maximum Gasteiger partial charge on any atom is 0.119 e. The topological polar surface area (TPSA) is 80.6 Å². The van der Waals surface area contributed by atoms with Gasteiger partial charge in [0.15, 0.2) is 0 Å². The lowest BCUT2D eigenvalue weighted by molar-refractivity contribution is -0.302. The molecule has 0 saturated heterocycles. The number of carboxylic acids is 1. The second-order valence-corrected chi connectivity index (χ2v) is 3.64. The van der Waals surface area contributed by atoms with Gasteiger partial charge < -0.3 is 20.1 Å². The van der Waals surface area contributed by atoms with Crippen LogP contribution in [-0.4, -0.2) is 22.8 Å². The van der Waals surface area contributed by atoms with Gasteiger partial charge in [-0.2, -0.15) is 0 Å². The van der Waals surface area contributed by atoms with Crippen LogP contribution < -0.4 is 5.11 Å². The third-order valence-corrected chi connectivity index (χ3v) is 1.99. The van der Waals surface area contributed by atoms with Crippen LogP contribution in [0.4, 0.5) is 0 Å². The molecular weight excluding hydrogens is 208 g/mol. The summed E-state index contributed by atoms with van der Waals surface area (Å²) < 4.78 is 0. The van der Waals surface area contributed by atoms with Gasteiger partial charge >= 0.3 is 0 Å². The van der Waals surface area contributed by atoms with Crippen molar-refractivity contribution in [3.63, 3.8) is 0 Å². The SMILES string of the molecule is CC(=O)[O-].Cc1ccc(C(C)CO)c(O)c1. The number of aromatic hydroxyl groups is 1. The minimum Gasteiger partial charge on any atom is -0.550 e. The molecule has 0 aliphatic heterocycles. The molecule has 90 valence electrons. The van der Waals surface area contributed by atoms with Crippen LogP contribution in [0.15, 0.2) is 18.2 Å². The van der Waals surface area contributed by atoms with E-state index < -0.39 is 5.97 Å². The van der Waals surface area contributed by atoms with Crippen molar-refractivity contribution in [2.45, 2.75) is 26.7 Å². The molecule has 0 bridgehead atoms. The predicted octanol–water partition coefficient (Wildman–Crippen LogP) is 0.553. The maximum atomic E-state index is 9.48. The normalized spacial score (nSPS) is 11.2. The molecule has 0 heterocycles. The molecule has 1 rings (SSSR count). The highest BCUT2D eigenvalue weighted by Gasteiger charge is 2.08. The van der Waals surface area contributed by atoms with Crippen LogP contribution >= 0.6 is 0 Å². The number of carbonyl (C=O) groups is 1. The van der Waals surface area contributed by atoms with Gasteiger partial charge in [0.05, 0.1) is 0 Å². The van der Waals surface area contributed by atoms with Crippen LogP contribution in [0.25, 0.3) is 0 Å². The summed E-state index contributed by atoms with van der Waals surface area (Å²) in [6, 6.07) is 5.49. The minimum absolute atomic E-state index is 0.00519. The second kappa shape index (κ2) is 6.85. The number of benzene rings is 1. The summed E-state index contributed by atoms with van der Waals surface area (Å²) in [5, 5.41) is 27.2. The van der Waals surface area contributed by atoms with Crippen molar-refractivity contribution in [1.29, 1.82) is 0 Å². The number of carboxylic acid groups (broad SMARTS) is 1. The van der Waals surface area contributed by atoms with E-state index in [1.54, 1.807) is 6.07 Å². The summed E-state index contributed by atoms with van der Waals surface area (Å²) in [7, 11) is 0. The highest BCUT2D eigenvalue weighted by Crippen LogP contribution is 2.25. The van der Waals surface area contributed by atoms with Crippen molar-refractivity contribution >= 4 is 5.97 Å². The van der Waals surface area contributed by atoms with Gasteiger partial charge in [-0.05, 0) is 31.0 Å². The molecule has 0 fully saturated rings. The molecule has 4 heteroatoms. The summed E-state index contributed by atoms with van der Waals surface area (Å²) in [4.78, 5) is 8.89. The first-order valence-electron chi connectivity index (χ1n) is 4.96. The van der Waals surface area contributed by atoms with E-state index in [4.69, 9.17) is 15.0 Å². The van der Waals surface area contributed by atoms with E-state index in [1.807, 2.05) is 26.0 Å². The first kappa shape index (κ1) is 14.5. The molecule has 0 aromatic heterocycles. The minimum atomic E-state index is -1.08. The number of phenols is 1. The number of phenolic OH excluding ortho intramolecular Hbond substituents is 1. The van der Waals surface area contributed by atoms with E-state index in [0.717, 1.165) is 18.1 Å². The van der Waals surface area contributed by atoms with E-state index >= 15 is 0 Å². The molecule has 4 nitrogen and oxygen atoms in total. The fraction of sp³-hybridized carbons (Fsp3) is 0.417. The maximum absolute atomic E-state index is 9.48. The average molecular weight is 225 g/mol. The Morgan fingerprint density at radius 3 is 2.38 bits per heavy atom. The molecule has 1 atom stereocenters. The Bertz CT molecular complexity index is 343. The number of hydrogen-bond donors (Lipinski definition) is 2. The van der Waals surface area contributed by atoms with Gasteiger partial charge in [-0.25, -0.2) is 0 Å². The lowest BCUT2D eigenvalue weighted by Gasteiger charge is -2.10. The van der Waals surface area contributed by atoms with Gasteiger partial charge in [-0.3, -0.25) is 0 Å². The van der Waals surface area contributed by atoms with Crippen LogP contribution in [0, 0.1) is 6.92 Å². The van der Waals surface area contributed by atoms with Crippen LogP contribution in [0.2, 0.25) is 0 Å². The van der Waals surface area contributed by atoms with Gasteiger partial charge in [-0.15, -0.1) is 0 Å². The van der Waals surface area contributed by atoms with E-state index in [-0.39, 0.29) is 18.3 Å². The van der Waals surface area contributed by atoms with E-state index in [1.165, 1.54) is 0 Å². The number of rotatable bonds is 2. The van der Waals surface area contributed by atoms with Gasteiger partial charge in [0.1, 0.15) is 5.75 Å². The third-order valence-electron chi connectivity index (χ3n) is 1.99. The van der Waals surface area contributed by atoms with Crippen molar-refractivity contribution in [3.05, 3.63) is 29.3 Å². The molecule has 1 aromatic carbocycles. The summed E-state index contributed by atoms with van der Waals surface area (Å²) in [5.41, 5.74) is 1.84. The molecule has 16 heavy (non-hydrogen) atoms. The highest BCUT2D eigenvalue weighted by molar-refractivity contribution is 5.60. The Morgan fingerprint density at radius 2 is 2.00 bits per heavy atom. The third kappa shape index (κ3) is 5.36. The largest absolute Gasteiger partial charge is 0.550 e. The standard InChI is InChI=1S/C10H14O2.C2H4O2/c1-7-3-4-9(8(2)6-11)10(12)5-7;1-2(3)4/h3-5,8,11-12H,6H2,1-2H3;1H3,(H,3,4)/p-1. The first-order valence-corrected chi connectivity index (χ1v) is 4.96. The fourth-order valence-electron chi connectivity index (χ4n) is 1.17. The van der Waals surface area contributed by atoms with Crippen molar-refractivity contribution in [1.82, 2.24) is 0 Å². The van der Waals surface area contributed by atoms with Crippen LogP contribution in [0.5, 0.6) is 5.75 Å². The molecule has 0 spiro atoms. The van der Waals surface area contributed by atoms with Gasteiger partial charge in [-0.1, -0.05) is 19.1 Å². The summed E-state index contributed by atoms with van der Waals surface area (Å²) in [5.74, 6) is -0.804. The number of aliphatic carboxylic acids is 1. The Labute approximate surface area is 95.2 Å². The monoisotopic (exact) mass is 225 g/mol. The molecule has 0 aliphatic carbocycles. The first-order chi connectivity index (χ1) is 7.38. The van der Waals surface area contributed by atoms with Crippen molar-refractivity contribution in [2.24, 2.45) is 0 Å². The van der Waals surface area contributed by atoms with Crippen LogP contribution in [0.1, 0.15) is 30.9 Å². The lowest BCUT2D eigenvalue weighted by Crippen LogP contribution is -2.16. The number of aryl methyl sites for hydroxylation is 1. The van der Waals surface area contributed by atoms with Crippen molar-refractivity contribution in [2.75, 3.05) is 6.61 Å². The average Bonchev–Trinajstić information content (AvgIpc) is 2.16. The lowest BCUT2D eigenvalue weighted by atomic mass is 10.00. The number of hydrogen-bond acceptors (Lipinski definition) is 4. The molecule has 0 aliphatic rings. The number of carbonyl (C=O) groups excluding carboxylic acids is 1. The summed E-state index contributed by atoms with van der Waals surface area (Å²) >= 11 is 0. The smallest absolute Gasteiger partial charge is 0.119 e. The van der Waals surface area contributed by atoms with Crippen LogP contribution in [0.3, 0.4) is 0 Å². The van der Waals surface area contributed by atoms with E-state index in [2.05, 4.69) is 0 Å². The van der Waals surface area contributed by atoms with Crippen molar-refractivity contribution in [3.8, 4) is 5.75 Å². The van der Waals surface area contributed by atoms with Crippen molar-refractivity contribution < 1.29 is 20.1 Å². The van der Waals surface area contributed by atoms with E-state index in [0.29, 0.717) is 0 Å². The van der Waals surface area contributed by atoms with Crippen LogP contribution in [-0.2, 0) is 4.79 Å². The molecule has 0 amide bonds. The fourth-order valence-corrected chi connectivity index (χ4v) is 1.17. The molecular formula is C12H17O4-. The Hall–Kier alpha value is -1.55. The second-order valence-electron chi connectivity index (χ2n) is 3.64. The van der Waals surface area contributed by atoms with Gasteiger partial charge in [0, 0.05) is 18.5 Å². The summed E-state index contributed by atoms with van der Waals surface area (Å²) in [6.07, 6.45) is 0. The van der Waals surface area contributed by atoms with E-state index in [9.17, 15) is 5.11 Å². The molecule has 0 saturated carbocycles. The van der Waals surface area contributed by atoms with Gasteiger partial charge in [0.2, 0.25) is 0 Å². The molecule has 0 radical (unpaired) electrons. The number of aliphatic hydroxyl groups excluding tert-OH is 1. The number of aliphatic hydroxyl groups is 1. The van der Waals surface area contributed by atoms with Gasteiger partial charge in [0.25, 0.3) is 0 Å². The Balaban J connectivity index is 0.000000487. The molecule has 1 unspecified atom stereocenters. The quantitative estimate of drug-likeness (QED) is 0.770. The zero-order valence-corrected chi connectivity index (χ0v) is 9.73. The highest BCUT2D eigenvalue weighted by atomic mass is 16.4. The zero-order valence-electron chi connectivity index (χ0n) is 9.73. The zero-order chi connectivity index (χ0) is 12.7. The molecule has 2 N–H and O–H groups in total.